The van der Waals surface area contributed by atoms with Crippen molar-refractivity contribution in [3.8, 4) is 11.8 Å². The maximum absolute atomic E-state index is 13.2. The number of anilines is 1. The fourth-order valence-electron chi connectivity index (χ4n) is 4.02. The van der Waals surface area contributed by atoms with Crippen LogP contribution in [0, 0.1) is 11.3 Å². The second-order valence-corrected chi connectivity index (χ2v) is 7.39. The summed E-state index contributed by atoms with van der Waals surface area (Å²) in [6.45, 7) is 4.06. The highest BCUT2D eigenvalue weighted by Gasteiger charge is 2.26. The van der Waals surface area contributed by atoms with Crippen molar-refractivity contribution in [1.29, 1.82) is 5.26 Å². The van der Waals surface area contributed by atoms with Crippen molar-refractivity contribution in [2.24, 2.45) is 0 Å². The molecular weight excluding hydrogens is 374 g/mol. The van der Waals surface area contributed by atoms with Crippen molar-refractivity contribution in [1.82, 2.24) is 5.01 Å². The smallest absolute Gasteiger partial charge is 0.245 e. The average molecular weight is 399 g/mol. The fourth-order valence-corrected chi connectivity index (χ4v) is 4.02. The molecule has 1 aliphatic heterocycles. The van der Waals surface area contributed by atoms with Crippen LogP contribution in [0.5, 0.6) is 5.75 Å². The highest BCUT2D eigenvalue weighted by Crippen LogP contribution is 2.32. The van der Waals surface area contributed by atoms with Gasteiger partial charge in [0.15, 0.2) is 0 Å². The topological polar surface area (TPSA) is 56.6 Å². The Morgan fingerprint density at radius 1 is 1.00 bits per heavy atom. The molecule has 4 rings (SSSR count). The van der Waals surface area contributed by atoms with Crippen LogP contribution in [-0.2, 0) is 11.2 Å². The van der Waals surface area contributed by atoms with E-state index >= 15 is 0 Å². The molecule has 5 heteroatoms. The number of amides is 1. The van der Waals surface area contributed by atoms with Crippen LogP contribution in [0.1, 0.15) is 30.9 Å². The SMILES string of the molecule is CCOc1ccc(CC(=O)N2CCCCN2c2ccc(C#N)c3ccccc23)cc1. The summed E-state index contributed by atoms with van der Waals surface area (Å²) in [5, 5.41) is 15.3. The van der Waals surface area contributed by atoms with E-state index in [1.54, 1.807) is 0 Å². The van der Waals surface area contributed by atoms with Crippen LogP contribution in [0.4, 0.5) is 5.69 Å². The van der Waals surface area contributed by atoms with Crippen molar-refractivity contribution < 1.29 is 9.53 Å². The van der Waals surface area contributed by atoms with E-state index in [-0.39, 0.29) is 5.91 Å². The quantitative estimate of drug-likeness (QED) is 0.624. The average Bonchev–Trinajstić information content (AvgIpc) is 2.80. The van der Waals surface area contributed by atoms with Crippen molar-refractivity contribution in [2.75, 3.05) is 24.7 Å². The Balaban J connectivity index is 1.61. The summed E-state index contributed by atoms with van der Waals surface area (Å²) in [6, 6.07) is 21.7. The third-order valence-electron chi connectivity index (χ3n) is 5.46. The van der Waals surface area contributed by atoms with Crippen molar-refractivity contribution in [3.63, 3.8) is 0 Å². The standard InChI is InChI=1S/C25H25N3O2/c1-2-30-21-12-9-19(10-13-21)17-25(29)28-16-6-5-15-27(28)24-14-11-20(18-26)22-7-3-4-8-23(22)24/h3-4,7-14H,2,5-6,15-17H2,1H3. The van der Waals surface area contributed by atoms with E-state index in [0.717, 1.165) is 47.2 Å². The zero-order valence-electron chi connectivity index (χ0n) is 17.2. The normalized spacial score (nSPS) is 13.9. The van der Waals surface area contributed by atoms with Gasteiger partial charge in [0.25, 0.3) is 0 Å². The first-order valence-corrected chi connectivity index (χ1v) is 10.4. The lowest BCUT2D eigenvalue weighted by atomic mass is 10.0. The molecule has 3 aromatic carbocycles. The van der Waals surface area contributed by atoms with Crippen LogP contribution in [0.25, 0.3) is 10.8 Å². The maximum Gasteiger partial charge on any atom is 0.245 e. The highest BCUT2D eigenvalue weighted by molar-refractivity contribution is 5.98. The first kappa shape index (κ1) is 19.8. The Morgan fingerprint density at radius 2 is 1.73 bits per heavy atom. The number of benzene rings is 3. The molecule has 1 aliphatic rings. The summed E-state index contributed by atoms with van der Waals surface area (Å²) in [4.78, 5) is 13.2. The molecule has 1 heterocycles. The number of hydrazine groups is 1. The van der Waals surface area contributed by atoms with E-state index in [0.29, 0.717) is 25.1 Å². The van der Waals surface area contributed by atoms with Gasteiger partial charge in [-0.3, -0.25) is 14.8 Å². The van der Waals surface area contributed by atoms with Gasteiger partial charge in [-0.1, -0.05) is 36.4 Å². The molecule has 0 aliphatic carbocycles. The van der Waals surface area contributed by atoms with Crippen LogP contribution >= 0.6 is 0 Å². The number of fused-ring (bicyclic) bond motifs is 1. The molecule has 1 saturated heterocycles. The molecule has 0 N–H and O–H groups in total. The molecule has 152 valence electrons. The van der Waals surface area contributed by atoms with Gasteiger partial charge in [-0.25, -0.2) is 0 Å². The summed E-state index contributed by atoms with van der Waals surface area (Å²) >= 11 is 0. The molecule has 0 unspecified atom stereocenters. The maximum atomic E-state index is 13.2. The first-order valence-electron chi connectivity index (χ1n) is 10.4. The summed E-state index contributed by atoms with van der Waals surface area (Å²) < 4.78 is 5.49. The van der Waals surface area contributed by atoms with Gasteiger partial charge >= 0.3 is 0 Å². The minimum Gasteiger partial charge on any atom is -0.494 e. The van der Waals surface area contributed by atoms with Crippen LogP contribution in [0.3, 0.4) is 0 Å². The lowest BCUT2D eigenvalue weighted by Gasteiger charge is -2.41. The molecule has 3 aromatic rings. The Bertz CT molecular complexity index is 1090. The first-order chi connectivity index (χ1) is 14.7. The number of nitriles is 1. The summed E-state index contributed by atoms with van der Waals surface area (Å²) in [5.74, 6) is 0.893. The number of nitrogens with zero attached hydrogens (tertiary/aromatic N) is 3. The van der Waals surface area contributed by atoms with Crippen LogP contribution < -0.4 is 9.75 Å². The summed E-state index contributed by atoms with van der Waals surface area (Å²) in [7, 11) is 0. The summed E-state index contributed by atoms with van der Waals surface area (Å²) in [5.41, 5.74) is 2.60. The molecule has 0 atom stereocenters. The number of rotatable bonds is 5. The molecule has 0 spiro atoms. The van der Waals surface area contributed by atoms with Gasteiger partial charge in [0.05, 0.1) is 30.3 Å². The molecular formula is C25H25N3O2. The number of ether oxygens (including phenoxy) is 1. The molecule has 1 amide bonds. The predicted molar refractivity (Wildman–Crippen MR) is 118 cm³/mol. The fraction of sp³-hybridized carbons (Fsp3) is 0.280. The Morgan fingerprint density at radius 3 is 2.47 bits per heavy atom. The zero-order valence-corrected chi connectivity index (χ0v) is 17.2. The van der Waals surface area contributed by atoms with Crippen LogP contribution in [0.2, 0.25) is 0 Å². The van der Waals surface area contributed by atoms with E-state index in [2.05, 4.69) is 11.1 Å². The zero-order chi connectivity index (χ0) is 20.9. The molecule has 0 radical (unpaired) electrons. The van der Waals surface area contributed by atoms with Gasteiger partial charge in [-0.15, -0.1) is 0 Å². The van der Waals surface area contributed by atoms with Gasteiger partial charge in [-0.05, 0) is 49.6 Å². The second kappa shape index (κ2) is 8.87. The van der Waals surface area contributed by atoms with Crippen molar-refractivity contribution in [2.45, 2.75) is 26.2 Å². The van der Waals surface area contributed by atoms with E-state index in [1.807, 2.05) is 72.6 Å². The minimum absolute atomic E-state index is 0.0762. The van der Waals surface area contributed by atoms with E-state index in [9.17, 15) is 10.1 Å². The van der Waals surface area contributed by atoms with Crippen LogP contribution in [0.15, 0.2) is 60.7 Å². The second-order valence-electron chi connectivity index (χ2n) is 7.39. The van der Waals surface area contributed by atoms with Crippen LogP contribution in [-0.4, -0.2) is 30.6 Å². The molecule has 0 bridgehead atoms. The molecule has 0 saturated carbocycles. The third kappa shape index (κ3) is 3.95. The van der Waals surface area contributed by atoms with Gasteiger partial charge in [0.1, 0.15) is 5.75 Å². The molecule has 30 heavy (non-hydrogen) atoms. The highest BCUT2D eigenvalue weighted by atomic mass is 16.5. The number of carbonyl (C=O) groups is 1. The Labute approximate surface area is 177 Å². The van der Waals surface area contributed by atoms with Gasteiger partial charge in [0, 0.05) is 23.9 Å². The predicted octanol–water partition coefficient (Wildman–Crippen LogP) is 4.70. The largest absolute Gasteiger partial charge is 0.494 e. The number of carbonyl (C=O) groups excluding carboxylic acids is 1. The van der Waals surface area contributed by atoms with Crippen molar-refractivity contribution >= 4 is 22.4 Å². The van der Waals surface area contributed by atoms with E-state index < -0.39 is 0 Å². The molecule has 1 fully saturated rings. The lowest BCUT2D eigenvalue weighted by molar-refractivity contribution is -0.131. The van der Waals surface area contributed by atoms with Crippen molar-refractivity contribution in [3.05, 3.63) is 71.8 Å². The van der Waals surface area contributed by atoms with E-state index in [1.165, 1.54) is 0 Å². The Kier molecular flexibility index (Phi) is 5.85. The number of hydrogen-bond acceptors (Lipinski definition) is 4. The minimum atomic E-state index is 0.0762. The lowest BCUT2D eigenvalue weighted by Crippen LogP contribution is -2.51. The van der Waals surface area contributed by atoms with Gasteiger partial charge in [-0.2, -0.15) is 5.26 Å². The monoisotopic (exact) mass is 399 g/mol. The number of hydrogen-bond donors (Lipinski definition) is 0. The Hall–Kier alpha value is -3.52. The summed E-state index contributed by atoms with van der Waals surface area (Å²) in [6.07, 6.45) is 2.36. The van der Waals surface area contributed by atoms with E-state index in [4.69, 9.17) is 4.74 Å². The van der Waals surface area contributed by atoms with Gasteiger partial charge < -0.3 is 4.74 Å². The molecule has 0 aromatic heterocycles. The molecule has 5 nitrogen and oxygen atoms in total. The van der Waals surface area contributed by atoms with Gasteiger partial charge in [0.2, 0.25) is 5.91 Å². The third-order valence-corrected chi connectivity index (χ3v) is 5.46.